The van der Waals surface area contributed by atoms with E-state index >= 15 is 0 Å². The van der Waals surface area contributed by atoms with Gasteiger partial charge in [0, 0.05) is 10.9 Å². The molecule has 0 saturated heterocycles. The summed E-state index contributed by atoms with van der Waals surface area (Å²) in [6.45, 7) is 4.46. The molecule has 0 heterocycles. The summed E-state index contributed by atoms with van der Waals surface area (Å²) >= 11 is 3.49. The van der Waals surface area contributed by atoms with E-state index < -0.39 is 5.60 Å². The van der Waals surface area contributed by atoms with E-state index in [0.29, 0.717) is 11.8 Å². The number of hydrogen-bond acceptors (Lipinski definition) is 1. The highest BCUT2D eigenvalue weighted by Crippen LogP contribution is 2.39. The average molecular weight is 297 g/mol. The Bertz CT molecular complexity index is 390. The van der Waals surface area contributed by atoms with Gasteiger partial charge in [-0.3, -0.25) is 0 Å². The Morgan fingerprint density at radius 1 is 1.41 bits per heavy atom. The van der Waals surface area contributed by atoms with E-state index in [4.69, 9.17) is 0 Å². The van der Waals surface area contributed by atoms with Crippen LogP contribution in [0.25, 0.3) is 0 Å². The van der Waals surface area contributed by atoms with Crippen LogP contribution in [0.15, 0.2) is 28.7 Å². The molecule has 1 saturated carbocycles. The molecule has 0 spiro atoms. The Morgan fingerprint density at radius 3 is 2.88 bits per heavy atom. The van der Waals surface area contributed by atoms with Gasteiger partial charge in [0.2, 0.25) is 0 Å². The van der Waals surface area contributed by atoms with Crippen molar-refractivity contribution < 1.29 is 5.11 Å². The quantitative estimate of drug-likeness (QED) is 0.868. The summed E-state index contributed by atoms with van der Waals surface area (Å²) < 4.78 is 1.09. The predicted molar refractivity (Wildman–Crippen MR) is 75.0 cm³/mol. The van der Waals surface area contributed by atoms with Crippen molar-refractivity contribution in [3.05, 3.63) is 34.3 Å². The van der Waals surface area contributed by atoms with Crippen LogP contribution >= 0.6 is 15.9 Å². The van der Waals surface area contributed by atoms with Crippen molar-refractivity contribution in [1.82, 2.24) is 0 Å². The van der Waals surface area contributed by atoms with E-state index in [0.717, 1.165) is 23.7 Å². The fraction of sp³-hybridized carbons (Fsp3) is 0.600. The third-order valence-electron chi connectivity index (χ3n) is 4.37. The summed E-state index contributed by atoms with van der Waals surface area (Å²) in [6.07, 6.45) is 4.11. The third-order valence-corrected chi connectivity index (χ3v) is 4.86. The lowest BCUT2D eigenvalue weighted by Gasteiger charge is -2.42. The zero-order valence-electron chi connectivity index (χ0n) is 10.6. The summed E-state index contributed by atoms with van der Waals surface area (Å²) in [7, 11) is 0. The molecule has 1 fully saturated rings. The van der Waals surface area contributed by atoms with Gasteiger partial charge in [-0.05, 0) is 36.0 Å². The van der Waals surface area contributed by atoms with Crippen LogP contribution in [-0.4, -0.2) is 10.7 Å². The molecule has 1 aliphatic carbocycles. The van der Waals surface area contributed by atoms with Gasteiger partial charge >= 0.3 is 0 Å². The highest BCUT2D eigenvalue weighted by Gasteiger charge is 2.39. The van der Waals surface area contributed by atoms with E-state index in [9.17, 15) is 5.11 Å². The molecule has 0 bridgehead atoms. The predicted octanol–water partition coefficient (Wildman–Crippen LogP) is 4.18. The van der Waals surface area contributed by atoms with Crippen LogP contribution in [0.1, 0.15) is 38.7 Å². The molecule has 17 heavy (non-hydrogen) atoms. The molecule has 1 aromatic carbocycles. The van der Waals surface area contributed by atoms with Crippen molar-refractivity contribution in [2.75, 3.05) is 0 Å². The van der Waals surface area contributed by atoms with Crippen LogP contribution in [0, 0.1) is 11.8 Å². The summed E-state index contributed by atoms with van der Waals surface area (Å²) in [5.74, 6) is 1.01. The minimum atomic E-state index is -0.515. The average Bonchev–Trinajstić information content (AvgIpc) is 2.26. The smallest absolute Gasteiger partial charge is 0.0715 e. The Hall–Kier alpha value is -0.340. The fourth-order valence-electron chi connectivity index (χ4n) is 2.99. The number of aliphatic hydroxyl groups is 1. The number of halogens is 1. The maximum atomic E-state index is 10.8. The molecular formula is C15H21BrO. The van der Waals surface area contributed by atoms with Crippen LogP contribution < -0.4 is 0 Å². The first kappa shape index (κ1) is 13.1. The van der Waals surface area contributed by atoms with Gasteiger partial charge in [0.05, 0.1) is 5.60 Å². The van der Waals surface area contributed by atoms with Crippen molar-refractivity contribution in [1.29, 1.82) is 0 Å². The Morgan fingerprint density at radius 2 is 2.18 bits per heavy atom. The zero-order chi connectivity index (χ0) is 12.5. The molecule has 3 atom stereocenters. The van der Waals surface area contributed by atoms with Gasteiger partial charge < -0.3 is 5.11 Å². The van der Waals surface area contributed by atoms with E-state index in [1.807, 2.05) is 12.1 Å². The highest BCUT2D eigenvalue weighted by atomic mass is 79.9. The Labute approximate surface area is 112 Å². The molecule has 0 aliphatic heterocycles. The monoisotopic (exact) mass is 296 g/mol. The Kier molecular flexibility index (Phi) is 3.94. The largest absolute Gasteiger partial charge is 0.389 e. The minimum absolute atomic E-state index is 0.384. The Balaban J connectivity index is 2.16. The number of rotatable bonds is 2. The van der Waals surface area contributed by atoms with Crippen LogP contribution in [0.5, 0.6) is 0 Å². The van der Waals surface area contributed by atoms with E-state index in [-0.39, 0.29) is 0 Å². The first-order chi connectivity index (χ1) is 8.01. The fourth-order valence-corrected chi connectivity index (χ4v) is 3.43. The van der Waals surface area contributed by atoms with Crippen molar-refractivity contribution >= 4 is 15.9 Å². The second-order valence-electron chi connectivity index (χ2n) is 5.57. The highest BCUT2D eigenvalue weighted by molar-refractivity contribution is 9.10. The molecule has 1 N–H and O–H groups in total. The molecule has 2 heteroatoms. The van der Waals surface area contributed by atoms with Gasteiger partial charge in [-0.25, -0.2) is 0 Å². The molecule has 2 rings (SSSR count). The lowest BCUT2D eigenvalue weighted by Crippen LogP contribution is -2.44. The summed E-state index contributed by atoms with van der Waals surface area (Å²) in [6, 6.07) is 8.29. The maximum absolute atomic E-state index is 10.8. The zero-order valence-corrected chi connectivity index (χ0v) is 12.2. The van der Waals surface area contributed by atoms with Gasteiger partial charge in [-0.1, -0.05) is 54.8 Å². The lowest BCUT2D eigenvalue weighted by molar-refractivity contribution is -0.0620. The molecule has 94 valence electrons. The van der Waals surface area contributed by atoms with Gasteiger partial charge in [0.1, 0.15) is 0 Å². The number of hydrogen-bond donors (Lipinski definition) is 1. The second kappa shape index (κ2) is 5.11. The standard InChI is InChI=1S/C15H21BrO/c1-11-5-4-8-15(17,12(11)2)10-13-6-3-7-14(16)9-13/h3,6-7,9,11-12,17H,4-5,8,10H2,1-2H3. The number of benzene rings is 1. The summed E-state index contributed by atoms with van der Waals surface area (Å²) in [5.41, 5.74) is 0.709. The molecular weight excluding hydrogens is 276 g/mol. The van der Waals surface area contributed by atoms with E-state index in [1.54, 1.807) is 0 Å². The normalized spacial score (nSPS) is 33.6. The molecule has 3 unspecified atom stereocenters. The molecule has 1 aliphatic rings. The van der Waals surface area contributed by atoms with Crippen LogP contribution in [0.3, 0.4) is 0 Å². The van der Waals surface area contributed by atoms with Gasteiger partial charge in [-0.2, -0.15) is 0 Å². The van der Waals surface area contributed by atoms with Crippen molar-refractivity contribution in [2.45, 2.75) is 45.1 Å². The molecule has 0 radical (unpaired) electrons. The third kappa shape index (κ3) is 2.92. The molecule has 1 aromatic rings. The lowest BCUT2D eigenvalue weighted by atomic mass is 9.68. The first-order valence-electron chi connectivity index (χ1n) is 6.48. The van der Waals surface area contributed by atoms with Crippen LogP contribution in [0.4, 0.5) is 0 Å². The minimum Gasteiger partial charge on any atom is -0.389 e. The van der Waals surface area contributed by atoms with Crippen molar-refractivity contribution in [2.24, 2.45) is 11.8 Å². The van der Waals surface area contributed by atoms with Crippen LogP contribution in [0.2, 0.25) is 0 Å². The molecule has 1 nitrogen and oxygen atoms in total. The maximum Gasteiger partial charge on any atom is 0.0715 e. The topological polar surface area (TPSA) is 20.2 Å². The summed E-state index contributed by atoms with van der Waals surface area (Å²) in [4.78, 5) is 0. The first-order valence-corrected chi connectivity index (χ1v) is 7.27. The SMILES string of the molecule is CC1CCCC(O)(Cc2cccc(Br)c2)C1C. The molecule has 0 aromatic heterocycles. The second-order valence-corrected chi connectivity index (χ2v) is 6.48. The van der Waals surface area contributed by atoms with Gasteiger partial charge in [0.15, 0.2) is 0 Å². The van der Waals surface area contributed by atoms with E-state index in [1.165, 1.54) is 12.0 Å². The van der Waals surface area contributed by atoms with Gasteiger partial charge in [-0.15, -0.1) is 0 Å². The van der Waals surface area contributed by atoms with Crippen molar-refractivity contribution in [3.63, 3.8) is 0 Å². The van der Waals surface area contributed by atoms with Crippen LogP contribution in [-0.2, 0) is 6.42 Å². The molecule has 0 amide bonds. The van der Waals surface area contributed by atoms with Crippen molar-refractivity contribution in [3.8, 4) is 0 Å². The summed E-state index contributed by atoms with van der Waals surface area (Å²) in [5, 5.41) is 10.8. The van der Waals surface area contributed by atoms with Gasteiger partial charge in [0.25, 0.3) is 0 Å². The van der Waals surface area contributed by atoms with E-state index in [2.05, 4.69) is 41.9 Å².